The molecule has 0 radical (unpaired) electrons. The van der Waals surface area contributed by atoms with Crippen molar-refractivity contribution in [3.05, 3.63) is 70.4 Å². The normalized spacial score (nSPS) is 11.8. The number of carbonyl (C=O) groups excluding carboxylic acids is 1. The molecule has 9 nitrogen and oxygen atoms in total. The minimum Gasteiger partial charge on any atom is -0.496 e. The largest absolute Gasteiger partial charge is 0.496 e. The number of rotatable bonds is 7. The van der Waals surface area contributed by atoms with Gasteiger partial charge in [0, 0.05) is 36.7 Å². The van der Waals surface area contributed by atoms with Crippen LogP contribution in [0.25, 0.3) is 22.3 Å². The number of imidazole rings is 1. The van der Waals surface area contributed by atoms with Gasteiger partial charge in [-0.1, -0.05) is 19.1 Å². The molecule has 0 bridgehead atoms. The second kappa shape index (κ2) is 8.93. The number of aromatic amines is 2. The second-order valence-electron chi connectivity index (χ2n) is 7.45. The van der Waals surface area contributed by atoms with E-state index in [1.807, 2.05) is 30.3 Å². The van der Waals surface area contributed by atoms with Gasteiger partial charge in [0.05, 0.1) is 23.8 Å². The zero-order chi connectivity index (χ0) is 22.7. The standard InChI is InChI=1S/C23H24N6O3/c1-13(16-6-4-15(22(30)24-2)9-20(16)32-3)11-25-21-10-18(26-12-27-21)14-5-7-17-19(8-14)29-23(31)28-17/h4-10,12-13H,11H2,1-3H3,(H,24,30)(H,25,26,27)(H2,28,29,31)/t13-/m1/s1. The van der Waals surface area contributed by atoms with E-state index >= 15 is 0 Å². The third-order valence-electron chi connectivity index (χ3n) is 5.32. The summed E-state index contributed by atoms with van der Waals surface area (Å²) in [5.74, 6) is 1.29. The number of fused-ring (bicyclic) bond motifs is 1. The topological polar surface area (TPSA) is 125 Å². The number of carbonyl (C=O) groups is 1. The minimum absolute atomic E-state index is 0.100. The number of ether oxygens (including phenoxy) is 1. The Morgan fingerprint density at radius 2 is 1.91 bits per heavy atom. The van der Waals surface area contributed by atoms with Gasteiger partial charge in [-0.3, -0.25) is 4.79 Å². The summed E-state index contributed by atoms with van der Waals surface area (Å²) in [6.07, 6.45) is 1.51. The highest BCUT2D eigenvalue weighted by Crippen LogP contribution is 2.28. The zero-order valence-corrected chi connectivity index (χ0v) is 18.0. The van der Waals surface area contributed by atoms with Gasteiger partial charge >= 0.3 is 5.69 Å². The molecule has 2 aromatic heterocycles. The quantitative estimate of drug-likeness (QED) is 0.356. The van der Waals surface area contributed by atoms with Crippen LogP contribution in [-0.2, 0) is 0 Å². The van der Waals surface area contributed by atoms with Crippen molar-refractivity contribution in [2.45, 2.75) is 12.8 Å². The van der Waals surface area contributed by atoms with Crippen molar-refractivity contribution in [1.29, 1.82) is 0 Å². The first-order valence-electron chi connectivity index (χ1n) is 10.2. The predicted octanol–water partition coefficient (Wildman–Crippen LogP) is 2.90. The molecule has 0 aliphatic carbocycles. The molecule has 32 heavy (non-hydrogen) atoms. The summed E-state index contributed by atoms with van der Waals surface area (Å²) in [7, 11) is 3.19. The van der Waals surface area contributed by atoms with Gasteiger partial charge in [-0.05, 0) is 29.8 Å². The first-order valence-corrected chi connectivity index (χ1v) is 10.2. The summed E-state index contributed by atoms with van der Waals surface area (Å²) in [5.41, 5.74) is 4.38. The van der Waals surface area contributed by atoms with Gasteiger partial charge in [0.1, 0.15) is 17.9 Å². The van der Waals surface area contributed by atoms with Crippen LogP contribution in [-0.4, -0.2) is 46.5 Å². The lowest BCUT2D eigenvalue weighted by atomic mass is 9.98. The molecule has 0 unspecified atom stereocenters. The van der Waals surface area contributed by atoms with Crippen molar-refractivity contribution in [3.63, 3.8) is 0 Å². The number of nitrogens with zero attached hydrogens (tertiary/aromatic N) is 2. The number of methoxy groups -OCH3 is 1. The van der Waals surface area contributed by atoms with Gasteiger partial charge in [0.2, 0.25) is 0 Å². The Labute approximate surface area is 184 Å². The Morgan fingerprint density at radius 3 is 2.69 bits per heavy atom. The van der Waals surface area contributed by atoms with Crippen molar-refractivity contribution in [3.8, 4) is 17.0 Å². The molecular formula is C23H24N6O3. The van der Waals surface area contributed by atoms with Crippen LogP contribution in [0, 0.1) is 0 Å². The fourth-order valence-corrected chi connectivity index (χ4v) is 3.58. The van der Waals surface area contributed by atoms with E-state index < -0.39 is 0 Å². The van der Waals surface area contributed by atoms with Crippen LogP contribution in [0.2, 0.25) is 0 Å². The van der Waals surface area contributed by atoms with E-state index in [-0.39, 0.29) is 17.5 Å². The Balaban J connectivity index is 1.50. The van der Waals surface area contributed by atoms with Crippen LogP contribution >= 0.6 is 0 Å². The number of benzene rings is 2. The van der Waals surface area contributed by atoms with Gasteiger partial charge in [-0.25, -0.2) is 14.8 Å². The Hall–Kier alpha value is -4.14. The number of H-pyrrole nitrogens is 2. The molecule has 1 atom stereocenters. The molecule has 2 heterocycles. The Kier molecular flexibility index (Phi) is 5.89. The van der Waals surface area contributed by atoms with Gasteiger partial charge in [0.25, 0.3) is 5.91 Å². The molecule has 0 fully saturated rings. The molecule has 0 spiro atoms. The van der Waals surface area contributed by atoms with Gasteiger partial charge in [-0.2, -0.15) is 0 Å². The molecule has 4 rings (SSSR count). The lowest BCUT2D eigenvalue weighted by molar-refractivity contribution is 0.0962. The van der Waals surface area contributed by atoms with E-state index in [0.717, 1.165) is 27.9 Å². The molecular weight excluding hydrogens is 408 g/mol. The molecule has 4 aromatic rings. The number of amides is 1. The summed E-state index contributed by atoms with van der Waals surface area (Å²) in [5, 5.41) is 5.96. The van der Waals surface area contributed by atoms with Crippen molar-refractivity contribution >= 4 is 22.8 Å². The third kappa shape index (κ3) is 4.31. The van der Waals surface area contributed by atoms with Crippen LogP contribution in [0.5, 0.6) is 5.75 Å². The minimum atomic E-state index is -0.241. The maximum Gasteiger partial charge on any atom is 0.323 e. The molecule has 0 saturated carbocycles. The smallest absolute Gasteiger partial charge is 0.323 e. The van der Waals surface area contributed by atoms with E-state index in [0.29, 0.717) is 23.7 Å². The maximum absolute atomic E-state index is 11.9. The first-order chi connectivity index (χ1) is 15.5. The van der Waals surface area contributed by atoms with Crippen molar-refractivity contribution in [2.24, 2.45) is 0 Å². The summed E-state index contributed by atoms with van der Waals surface area (Å²) >= 11 is 0. The monoisotopic (exact) mass is 432 g/mol. The molecule has 0 aliphatic rings. The van der Waals surface area contributed by atoms with Crippen LogP contribution in [0.15, 0.2) is 53.6 Å². The highest BCUT2D eigenvalue weighted by Gasteiger charge is 2.15. The lowest BCUT2D eigenvalue weighted by Gasteiger charge is -2.17. The van der Waals surface area contributed by atoms with Crippen LogP contribution in [0.4, 0.5) is 5.82 Å². The summed E-state index contributed by atoms with van der Waals surface area (Å²) in [6.45, 7) is 2.68. The highest BCUT2D eigenvalue weighted by molar-refractivity contribution is 5.94. The first kappa shape index (κ1) is 21.1. The zero-order valence-electron chi connectivity index (χ0n) is 18.0. The molecule has 164 valence electrons. The van der Waals surface area contributed by atoms with Crippen LogP contribution in [0.1, 0.15) is 28.8 Å². The van der Waals surface area contributed by atoms with Crippen LogP contribution in [0.3, 0.4) is 0 Å². The number of hydrogen-bond donors (Lipinski definition) is 4. The fourth-order valence-electron chi connectivity index (χ4n) is 3.58. The molecule has 0 aliphatic heterocycles. The van der Waals surface area contributed by atoms with E-state index in [1.165, 1.54) is 6.33 Å². The fraction of sp³-hybridized carbons (Fsp3) is 0.217. The Bertz CT molecular complexity index is 1330. The van der Waals surface area contributed by atoms with Gasteiger partial charge in [0.15, 0.2) is 0 Å². The van der Waals surface area contributed by atoms with Gasteiger partial charge < -0.3 is 25.3 Å². The molecule has 4 N–H and O–H groups in total. The number of nitrogens with one attached hydrogen (secondary N) is 4. The molecule has 1 amide bonds. The molecule has 0 saturated heterocycles. The third-order valence-corrected chi connectivity index (χ3v) is 5.32. The van der Waals surface area contributed by atoms with Crippen molar-refractivity contribution in [1.82, 2.24) is 25.3 Å². The number of aromatic nitrogens is 4. The van der Waals surface area contributed by atoms with E-state index in [2.05, 4.69) is 37.5 Å². The predicted molar refractivity (Wildman–Crippen MR) is 123 cm³/mol. The van der Waals surface area contributed by atoms with Crippen molar-refractivity contribution in [2.75, 3.05) is 26.0 Å². The Morgan fingerprint density at radius 1 is 1.09 bits per heavy atom. The van der Waals surface area contributed by atoms with E-state index in [4.69, 9.17) is 4.74 Å². The second-order valence-corrected chi connectivity index (χ2v) is 7.45. The van der Waals surface area contributed by atoms with Gasteiger partial charge in [-0.15, -0.1) is 0 Å². The van der Waals surface area contributed by atoms with Crippen LogP contribution < -0.4 is 21.1 Å². The van der Waals surface area contributed by atoms with E-state index in [1.54, 1.807) is 26.3 Å². The highest BCUT2D eigenvalue weighted by atomic mass is 16.5. The lowest BCUT2D eigenvalue weighted by Crippen LogP contribution is -2.18. The van der Waals surface area contributed by atoms with Crippen molar-refractivity contribution < 1.29 is 9.53 Å². The average molecular weight is 432 g/mol. The summed E-state index contributed by atoms with van der Waals surface area (Å²) in [4.78, 5) is 37.5. The average Bonchev–Trinajstić information content (AvgIpc) is 3.20. The SMILES string of the molecule is CNC(=O)c1ccc([C@H](C)CNc2cc(-c3ccc4[nH]c(=O)[nH]c4c3)ncn2)c(OC)c1. The number of anilines is 1. The van der Waals surface area contributed by atoms with E-state index in [9.17, 15) is 9.59 Å². The summed E-state index contributed by atoms with van der Waals surface area (Å²) < 4.78 is 5.51. The summed E-state index contributed by atoms with van der Waals surface area (Å²) in [6, 6.07) is 12.9. The maximum atomic E-state index is 11.9. The number of hydrogen-bond acceptors (Lipinski definition) is 6. The molecule has 9 heteroatoms. The molecule has 2 aromatic carbocycles.